The van der Waals surface area contributed by atoms with E-state index in [1.54, 1.807) is 6.08 Å². The molecule has 3 heterocycles. The lowest BCUT2D eigenvalue weighted by Gasteiger charge is -2.40. The quantitative estimate of drug-likeness (QED) is 0.562. The van der Waals surface area contributed by atoms with Gasteiger partial charge in [-0.05, 0) is 57.9 Å². The first-order chi connectivity index (χ1) is 19.4. The van der Waals surface area contributed by atoms with Crippen molar-refractivity contribution in [2.24, 2.45) is 5.73 Å². The van der Waals surface area contributed by atoms with E-state index >= 15 is 4.39 Å². The predicted molar refractivity (Wildman–Crippen MR) is 148 cm³/mol. The summed E-state index contributed by atoms with van der Waals surface area (Å²) in [5.41, 5.74) is 4.11. The SMILES string of the molecule is C[C@H]1CN(c2cc(F)c(C3=CCN(C(=O)OC4(C)CCC4)C3)cc2-n2cc(C(N)=O)c(C(F)F)cc2=O)CCN1C. The highest BCUT2D eigenvalue weighted by atomic mass is 19.3. The van der Waals surface area contributed by atoms with E-state index in [1.807, 2.05) is 25.8 Å². The number of halogens is 3. The van der Waals surface area contributed by atoms with Crippen molar-refractivity contribution in [1.82, 2.24) is 14.4 Å². The number of nitrogens with zero attached hydrogens (tertiary/aromatic N) is 4. The first-order valence-corrected chi connectivity index (χ1v) is 13.7. The van der Waals surface area contributed by atoms with Gasteiger partial charge in [-0.3, -0.25) is 14.2 Å². The largest absolute Gasteiger partial charge is 0.443 e. The van der Waals surface area contributed by atoms with Gasteiger partial charge in [0.05, 0.1) is 16.9 Å². The molecule has 0 radical (unpaired) electrons. The van der Waals surface area contributed by atoms with Gasteiger partial charge in [-0.25, -0.2) is 18.0 Å². The first kappa shape index (κ1) is 28.7. The van der Waals surface area contributed by atoms with Gasteiger partial charge in [-0.2, -0.15) is 0 Å². The lowest BCUT2D eigenvalue weighted by molar-refractivity contribution is -0.0448. The summed E-state index contributed by atoms with van der Waals surface area (Å²) in [5, 5.41) is 0. The summed E-state index contributed by atoms with van der Waals surface area (Å²) in [6, 6.07) is 3.60. The summed E-state index contributed by atoms with van der Waals surface area (Å²) in [6.07, 6.45) is 1.74. The second kappa shape index (κ2) is 10.9. The summed E-state index contributed by atoms with van der Waals surface area (Å²) < 4.78 is 49.8. The molecular formula is C29H34F3N5O4. The molecule has 2 aromatic rings. The second-order valence-electron chi connectivity index (χ2n) is 11.4. The summed E-state index contributed by atoms with van der Waals surface area (Å²) in [5.74, 6) is -1.67. The van der Waals surface area contributed by atoms with Crippen molar-refractivity contribution in [2.45, 2.75) is 51.2 Å². The number of amides is 2. The van der Waals surface area contributed by atoms with E-state index in [1.165, 1.54) is 17.0 Å². The molecule has 2 N–H and O–H groups in total. The maximum absolute atomic E-state index is 15.8. The Kier molecular flexibility index (Phi) is 7.62. The number of hydrogen-bond acceptors (Lipinski definition) is 6. The number of hydrogen-bond donors (Lipinski definition) is 1. The number of carbonyl (C=O) groups excluding carboxylic acids is 2. The molecular weight excluding hydrogens is 539 g/mol. The van der Waals surface area contributed by atoms with Gasteiger partial charge in [0, 0.05) is 62.2 Å². The summed E-state index contributed by atoms with van der Waals surface area (Å²) in [7, 11) is 1.98. The van der Waals surface area contributed by atoms with Crippen molar-refractivity contribution in [3.63, 3.8) is 0 Å². The van der Waals surface area contributed by atoms with Crippen LogP contribution < -0.4 is 16.2 Å². The van der Waals surface area contributed by atoms with Crippen LogP contribution in [0.1, 0.15) is 61.0 Å². The second-order valence-corrected chi connectivity index (χ2v) is 11.4. The Balaban J connectivity index is 1.56. The van der Waals surface area contributed by atoms with Gasteiger partial charge in [0.2, 0.25) is 0 Å². The van der Waals surface area contributed by atoms with Gasteiger partial charge in [0.25, 0.3) is 17.9 Å². The number of likely N-dealkylation sites (N-methyl/N-ethyl adjacent to an activating group) is 1. The molecule has 2 amide bonds. The molecule has 0 bridgehead atoms. The molecule has 41 heavy (non-hydrogen) atoms. The van der Waals surface area contributed by atoms with Crippen LogP contribution >= 0.6 is 0 Å². The molecule has 9 nitrogen and oxygen atoms in total. The molecule has 12 heteroatoms. The van der Waals surface area contributed by atoms with Gasteiger partial charge >= 0.3 is 6.09 Å². The molecule has 1 saturated heterocycles. The predicted octanol–water partition coefficient (Wildman–Crippen LogP) is 3.93. The smallest absolute Gasteiger partial charge is 0.410 e. The van der Waals surface area contributed by atoms with E-state index in [-0.39, 0.29) is 30.4 Å². The minimum Gasteiger partial charge on any atom is -0.443 e. The van der Waals surface area contributed by atoms with E-state index in [2.05, 4.69) is 4.90 Å². The van der Waals surface area contributed by atoms with Crippen LogP contribution in [0.25, 0.3) is 11.3 Å². The number of aromatic nitrogens is 1. The molecule has 0 spiro atoms. The van der Waals surface area contributed by atoms with Crippen LogP contribution in [0.2, 0.25) is 0 Å². The molecule has 1 saturated carbocycles. The number of benzene rings is 1. The number of pyridine rings is 1. The molecule has 1 aromatic carbocycles. The lowest BCUT2D eigenvalue weighted by Crippen LogP contribution is -2.50. The number of primary amides is 1. The Morgan fingerprint density at radius 2 is 1.88 bits per heavy atom. The first-order valence-electron chi connectivity index (χ1n) is 13.7. The van der Waals surface area contributed by atoms with Crippen LogP contribution in [0.3, 0.4) is 0 Å². The topological polar surface area (TPSA) is 101 Å². The number of ether oxygens (including phenoxy) is 1. The average molecular weight is 574 g/mol. The fourth-order valence-corrected chi connectivity index (χ4v) is 5.57. The van der Waals surface area contributed by atoms with E-state index in [4.69, 9.17) is 10.5 Å². The van der Waals surface area contributed by atoms with Gasteiger partial charge < -0.3 is 25.2 Å². The normalized spacial score (nSPS) is 20.7. The van der Waals surface area contributed by atoms with Gasteiger partial charge in [0.15, 0.2) is 0 Å². The van der Waals surface area contributed by atoms with E-state index < -0.39 is 46.5 Å². The third-order valence-electron chi connectivity index (χ3n) is 8.48. The highest BCUT2D eigenvalue weighted by Crippen LogP contribution is 2.37. The molecule has 2 fully saturated rings. The maximum Gasteiger partial charge on any atom is 0.410 e. The number of carbonyl (C=O) groups is 2. The third-order valence-corrected chi connectivity index (χ3v) is 8.48. The van der Waals surface area contributed by atoms with Crippen molar-refractivity contribution < 1.29 is 27.5 Å². The molecule has 2 aliphatic heterocycles. The number of piperazine rings is 1. The highest BCUT2D eigenvalue weighted by molar-refractivity contribution is 5.94. The van der Waals surface area contributed by atoms with Crippen LogP contribution in [-0.4, -0.2) is 77.8 Å². The Hall–Kier alpha value is -3.80. The van der Waals surface area contributed by atoms with E-state index in [0.717, 1.165) is 30.0 Å². The monoisotopic (exact) mass is 573 g/mol. The molecule has 1 aromatic heterocycles. The van der Waals surface area contributed by atoms with Gasteiger partial charge in [-0.15, -0.1) is 0 Å². The van der Waals surface area contributed by atoms with Crippen molar-refractivity contribution >= 4 is 23.3 Å². The number of alkyl halides is 2. The maximum atomic E-state index is 15.8. The van der Waals surface area contributed by atoms with Crippen LogP contribution in [0.15, 0.2) is 35.3 Å². The number of rotatable bonds is 6. The van der Waals surface area contributed by atoms with E-state index in [9.17, 15) is 23.2 Å². The fraction of sp³-hybridized carbons (Fsp3) is 0.483. The average Bonchev–Trinajstić information content (AvgIpc) is 3.39. The van der Waals surface area contributed by atoms with E-state index in [0.29, 0.717) is 37.0 Å². The molecule has 0 unspecified atom stereocenters. The molecule has 1 aliphatic carbocycles. The Bertz CT molecular complexity index is 1470. The van der Waals surface area contributed by atoms with Crippen LogP contribution in [0, 0.1) is 5.82 Å². The molecule has 220 valence electrons. The summed E-state index contributed by atoms with van der Waals surface area (Å²) >= 11 is 0. The zero-order valence-corrected chi connectivity index (χ0v) is 23.3. The van der Waals surface area contributed by atoms with Crippen molar-refractivity contribution in [2.75, 3.05) is 44.7 Å². The minimum absolute atomic E-state index is 0.0991. The van der Waals surface area contributed by atoms with Crippen molar-refractivity contribution in [1.29, 1.82) is 0 Å². The van der Waals surface area contributed by atoms with Crippen molar-refractivity contribution in [3.8, 4) is 5.69 Å². The Labute approximate surface area is 235 Å². The fourth-order valence-electron chi connectivity index (χ4n) is 5.57. The van der Waals surface area contributed by atoms with Crippen LogP contribution in [0.4, 0.5) is 23.7 Å². The van der Waals surface area contributed by atoms with Gasteiger partial charge in [0.1, 0.15) is 11.4 Å². The van der Waals surface area contributed by atoms with Gasteiger partial charge in [-0.1, -0.05) is 6.08 Å². The molecule has 1 atom stereocenters. The lowest BCUT2D eigenvalue weighted by atomic mass is 9.82. The Morgan fingerprint density at radius 3 is 2.49 bits per heavy atom. The number of anilines is 1. The minimum atomic E-state index is -3.09. The molecule has 3 aliphatic rings. The Morgan fingerprint density at radius 1 is 1.15 bits per heavy atom. The summed E-state index contributed by atoms with van der Waals surface area (Å²) in [4.78, 5) is 43.6. The zero-order valence-electron chi connectivity index (χ0n) is 23.3. The zero-order chi connectivity index (χ0) is 29.6. The number of nitrogens with two attached hydrogens (primary N) is 1. The third kappa shape index (κ3) is 5.57. The standard InChI is InChI=1S/C29H34F3N5O4/c1-17-14-35(10-9-34(17)3)23-13-22(30)19(18-5-8-36(15-18)28(40)41-29(2)6-4-7-29)11-24(23)37-16-21(27(33)39)20(26(31)32)12-25(37)38/h5,11-13,16-17,26H,4,6-10,14-15H2,1-3H3,(H2,33,39)/t17-/m0/s1. The van der Waals surface area contributed by atoms with Crippen LogP contribution in [-0.2, 0) is 4.74 Å². The molecule has 5 rings (SSSR count). The van der Waals surface area contributed by atoms with Crippen LogP contribution in [0.5, 0.6) is 0 Å². The highest BCUT2D eigenvalue weighted by Gasteiger charge is 2.38. The van der Waals surface area contributed by atoms with Crippen molar-refractivity contribution in [3.05, 3.63) is 63.3 Å². The summed E-state index contributed by atoms with van der Waals surface area (Å²) in [6.45, 7) is 5.97.